The van der Waals surface area contributed by atoms with Crippen molar-refractivity contribution in [3.8, 4) is 5.75 Å². The summed E-state index contributed by atoms with van der Waals surface area (Å²) in [7, 11) is 1.58. The number of hydrogen-bond acceptors (Lipinski definition) is 2. The van der Waals surface area contributed by atoms with E-state index in [2.05, 4.69) is 4.74 Å². The maximum atomic E-state index is 11.6. The Kier molecular flexibility index (Phi) is 4.32. The quantitative estimate of drug-likeness (QED) is 0.730. The van der Waals surface area contributed by atoms with Crippen LogP contribution in [0.5, 0.6) is 5.75 Å². The normalized spacial score (nSPS) is 10.6. The molecule has 0 saturated heterocycles. The Labute approximate surface area is 81.4 Å². The fourth-order valence-electron chi connectivity index (χ4n) is 1.06. The van der Waals surface area contributed by atoms with Crippen molar-refractivity contribution in [3.05, 3.63) is 29.8 Å². The average Bonchev–Trinajstić information content (AvgIpc) is 2.18. The number of halogens is 2. The van der Waals surface area contributed by atoms with Gasteiger partial charge >= 0.3 is 6.61 Å². The zero-order chi connectivity index (χ0) is 10.4. The van der Waals surface area contributed by atoms with Crippen LogP contribution < -0.4 is 4.74 Å². The van der Waals surface area contributed by atoms with Crippen molar-refractivity contribution < 1.29 is 18.3 Å². The lowest BCUT2D eigenvalue weighted by molar-refractivity contribution is -0.127. The lowest BCUT2D eigenvalue weighted by Gasteiger charge is -2.04. The van der Waals surface area contributed by atoms with Gasteiger partial charge in [-0.05, 0) is 24.1 Å². The second-order valence-corrected chi connectivity index (χ2v) is 2.73. The summed E-state index contributed by atoms with van der Waals surface area (Å²) in [5, 5.41) is 0. The Morgan fingerprint density at radius 3 is 2.36 bits per heavy atom. The molecule has 14 heavy (non-hydrogen) atoms. The van der Waals surface area contributed by atoms with Gasteiger partial charge in [-0.25, -0.2) is 0 Å². The first-order chi connectivity index (χ1) is 6.72. The summed E-state index contributed by atoms with van der Waals surface area (Å²) in [4.78, 5) is 0. The summed E-state index contributed by atoms with van der Waals surface area (Å²) in [5.41, 5.74) is 0.950. The lowest BCUT2D eigenvalue weighted by atomic mass is 10.1. The first kappa shape index (κ1) is 10.9. The minimum Gasteiger partial charge on any atom is -0.497 e. The van der Waals surface area contributed by atoms with E-state index in [9.17, 15) is 8.78 Å². The Balaban J connectivity index is 2.36. The molecule has 1 rings (SSSR count). The van der Waals surface area contributed by atoms with Gasteiger partial charge in [-0.3, -0.25) is 0 Å². The third-order valence-electron chi connectivity index (χ3n) is 1.79. The minimum atomic E-state index is -2.69. The minimum absolute atomic E-state index is 0.0317. The van der Waals surface area contributed by atoms with E-state index in [4.69, 9.17) is 4.74 Å². The van der Waals surface area contributed by atoms with Crippen LogP contribution in [-0.4, -0.2) is 20.3 Å². The van der Waals surface area contributed by atoms with Crippen molar-refractivity contribution in [2.24, 2.45) is 0 Å². The molecule has 78 valence electrons. The summed E-state index contributed by atoms with van der Waals surface area (Å²) in [6.07, 6.45) is 0.480. The predicted molar refractivity (Wildman–Crippen MR) is 48.7 cm³/mol. The number of ether oxygens (including phenoxy) is 2. The van der Waals surface area contributed by atoms with Crippen LogP contribution in [0.2, 0.25) is 0 Å². The molecule has 0 aliphatic rings. The molecule has 0 amide bonds. The molecule has 0 saturated carbocycles. The van der Waals surface area contributed by atoms with Gasteiger partial charge in [0.25, 0.3) is 0 Å². The van der Waals surface area contributed by atoms with Gasteiger partial charge in [0.2, 0.25) is 0 Å². The molecule has 4 heteroatoms. The highest BCUT2D eigenvalue weighted by atomic mass is 19.3. The van der Waals surface area contributed by atoms with Crippen LogP contribution in [-0.2, 0) is 11.2 Å². The van der Waals surface area contributed by atoms with E-state index in [0.29, 0.717) is 6.42 Å². The monoisotopic (exact) mass is 202 g/mol. The summed E-state index contributed by atoms with van der Waals surface area (Å²) < 4.78 is 32.3. The first-order valence-electron chi connectivity index (χ1n) is 4.25. The van der Waals surface area contributed by atoms with Crippen LogP contribution in [0.1, 0.15) is 5.56 Å². The maximum Gasteiger partial charge on any atom is 0.345 e. The SMILES string of the molecule is COc1ccc(CCOC(F)F)cc1. The van der Waals surface area contributed by atoms with Crippen LogP contribution >= 0.6 is 0 Å². The lowest BCUT2D eigenvalue weighted by Crippen LogP contribution is -2.03. The van der Waals surface area contributed by atoms with Crippen molar-refractivity contribution in [1.29, 1.82) is 0 Å². The summed E-state index contributed by atoms with van der Waals surface area (Å²) in [6.45, 7) is -2.66. The molecule has 0 aliphatic heterocycles. The first-order valence-corrected chi connectivity index (χ1v) is 4.25. The molecule has 0 N–H and O–H groups in total. The largest absolute Gasteiger partial charge is 0.497 e. The standard InChI is InChI=1S/C10H12F2O2/c1-13-9-4-2-8(3-5-9)6-7-14-10(11)12/h2-5,10H,6-7H2,1H3. The van der Waals surface area contributed by atoms with Crippen LogP contribution in [0.25, 0.3) is 0 Å². The molecule has 0 aromatic heterocycles. The van der Waals surface area contributed by atoms with E-state index in [1.165, 1.54) is 0 Å². The molecular formula is C10H12F2O2. The summed E-state index contributed by atoms with van der Waals surface area (Å²) in [5.74, 6) is 0.753. The highest BCUT2D eigenvalue weighted by molar-refractivity contribution is 5.27. The Morgan fingerprint density at radius 1 is 1.21 bits per heavy atom. The van der Waals surface area contributed by atoms with Gasteiger partial charge < -0.3 is 9.47 Å². The number of alkyl halides is 2. The summed E-state index contributed by atoms with van der Waals surface area (Å²) in [6, 6.07) is 7.23. The van der Waals surface area contributed by atoms with Crippen molar-refractivity contribution >= 4 is 0 Å². The average molecular weight is 202 g/mol. The van der Waals surface area contributed by atoms with Crippen LogP contribution in [0.15, 0.2) is 24.3 Å². The smallest absolute Gasteiger partial charge is 0.345 e. The Morgan fingerprint density at radius 2 is 1.86 bits per heavy atom. The highest BCUT2D eigenvalue weighted by Gasteiger charge is 2.01. The van der Waals surface area contributed by atoms with Gasteiger partial charge in [-0.2, -0.15) is 8.78 Å². The van der Waals surface area contributed by atoms with E-state index in [1.807, 2.05) is 12.1 Å². The number of hydrogen-bond donors (Lipinski definition) is 0. The van der Waals surface area contributed by atoms with Gasteiger partial charge in [0.05, 0.1) is 13.7 Å². The van der Waals surface area contributed by atoms with Crippen LogP contribution in [0.4, 0.5) is 8.78 Å². The Hall–Kier alpha value is -1.16. The highest BCUT2D eigenvalue weighted by Crippen LogP contribution is 2.11. The number of rotatable bonds is 5. The van der Waals surface area contributed by atoms with E-state index in [0.717, 1.165) is 11.3 Å². The van der Waals surface area contributed by atoms with Gasteiger partial charge in [-0.1, -0.05) is 12.1 Å². The van der Waals surface area contributed by atoms with Gasteiger partial charge in [-0.15, -0.1) is 0 Å². The molecule has 0 aliphatic carbocycles. The summed E-state index contributed by atoms with van der Waals surface area (Å²) >= 11 is 0. The topological polar surface area (TPSA) is 18.5 Å². The van der Waals surface area contributed by atoms with Crippen molar-refractivity contribution in [2.75, 3.05) is 13.7 Å². The van der Waals surface area contributed by atoms with Crippen molar-refractivity contribution in [3.63, 3.8) is 0 Å². The van der Waals surface area contributed by atoms with Crippen LogP contribution in [0, 0.1) is 0 Å². The number of methoxy groups -OCH3 is 1. The molecule has 0 atom stereocenters. The second-order valence-electron chi connectivity index (χ2n) is 2.73. The Bertz CT molecular complexity index is 259. The van der Waals surface area contributed by atoms with Gasteiger partial charge in [0.1, 0.15) is 5.75 Å². The molecular weight excluding hydrogens is 190 g/mol. The van der Waals surface area contributed by atoms with Crippen molar-refractivity contribution in [1.82, 2.24) is 0 Å². The van der Waals surface area contributed by atoms with Gasteiger partial charge in [0.15, 0.2) is 0 Å². The molecule has 0 heterocycles. The molecule has 2 nitrogen and oxygen atoms in total. The number of benzene rings is 1. The molecule has 1 aromatic rings. The molecule has 0 fully saturated rings. The zero-order valence-electron chi connectivity index (χ0n) is 7.87. The van der Waals surface area contributed by atoms with E-state index >= 15 is 0 Å². The maximum absolute atomic E-state index is 11.6. The molecule has 0 spiro atoms. The van der Waals surface area contributed by atoms with Crippen molar-refractivity contribution in [2.45, 2.75) is 13.0 Å². The van der Waals surface area contributed by atoms with E-state index in [-0.39, 0.29) is 6.61 Å². The predicted octanol–water partition coefficient (Wildman–Crippen LogP) is 2.48. The zero-order valence-corrected chi connectivity index (χ0v) is 7.87. The molecule has 1 aromatic carbocycles. The fraction of sp³-hybridized carbons (Fsp3) is 0.400. The van der Waals surface area contributed by atoms with E-state index < -0.39 is 6.61 Å². The molecule has 0 unspecified atom stereocenters. The van der Waals surface area contributed by atoms with Gasteiger partial charge in [0, 0.05) is 0 Å². The van der Waals surface area contributed by atoms with E-state index in [1.54, 1.807) is 19.2 Å². The third-order valence-corrected chi connectivity index (χ3v) is 1.79. The third kappa shape index (κ3) is 3.70. The second kappa shape index (κ2) is 5.54. The molecule has 0 bridgehead atoms. The molecule has 0 radical (unpaired) electrons. The fourth-order valence-corrected chi connectivity index (χ4v) is 1.06. The van der Waals surface area contributed by atoms with Crippen LogP contribution in [0.3, 0.4) is 0 Å².